The summed E-state index contributed by atoms with van der Waals surface area (Å²) in [4.78, 5) is 13.0. The van der Waals surface area contributed by atoms with E-state index < -0.39 is 20.0 Å². The Balaban J connectivity index is 1.55. The van der Waals surface area contributed by atoms with Gasteiger partial charge in [0, 0.05) is 38.1 Å². The summed E-state index contributed by atoms with van der Waals surface area (Å²) in [5.41, 5.74) is 1.09. The summed E-state index contributed by atoms with van der Waals surface area (Å²) in [5, 5.41) is 2.98. The van der Waals surface area contributed by atoms with Crippen molar-refractivity contribution in [1.82, 2.24) is 13.9 Å². The van der Waals surface area contributed by atoms with Crippen molar-refractivity contribution in [3.8, 4) is 0 Å². The van der Waals surface area contributed by atoms with Crippen LogP contribution in [0.2, 0.25) is 0 Å². The van der Waals surface area contributed by atoms with Crippen molar-refractivity contribution >= 4 is 26.0 Å². The van der Waals surface area contributed by atoms with Crippen LogP contribution >= 0.6 is 0 Å². The van der Waals surface area contributed by atoms with E-state index in [1.54, 1.807) is 12.1 Å². The largest absolute Gasteiger partial charge is 0.352 e. The smallest absolute Gasteiger partial charge is 0.243 e. The van der Waals surface area contributed by atoms with E-state index in [0.717, 1.165) is 12.0 Å². The number of sulfonamides is 2. The fourth-order valence-electron chi connectivity index (χ4n) is 4.21. The van der Waals surface area contributed by atoms with Gasteiger partial charge in [0.15, 0.2) is 0 Å². The Labute approximate surface area is 186 Å². The average molecular weight is 472 g/mol. The van der Waals surface area contributed by atoms with Crippen molar-refractivity contribution in [3.05, 3.63) is 29.8 Å². The third-order valence-corrected chi connectivity index (χ3v) is 9.39. The van der Waals surface area contributed by atoms with Crippen LogP contribution < -0.4 is 5.32 Å². The number of nitrogens with zero attached hydrogens (tertiary/aromatic N) is 2. The molecule has 1 amide bonds. The molecule has 0 saturated carbocycles. The normalized spacial score (nSPS) is 22.5. The van der Waals surface area contributed by atoms with Crippen molar-refractivity contribution in [2.75, 3.05) is 32.4 Å². The van der Waals surface area contributed by atoms with Gasteiger partial charge in [0.05, 0.1) is 11.2 Å². The number of hydrogen-bond acceptors (Lipinski definition) is 5. The number of amides is 1. The highest BCUT2D eigenvalue weighted by molar-refractivity contribution is 7.89. The van der Waals surface area contributed by atoms with Gasteiger partial charge in [-0.1, -0.05) is 26.0 Å². The number of benzene rings is 1. The van der Waals surface area contributed by atoms with Gasteiger partial charge in [-0.15, -0.1) is 0 Å². The molecule has 1 N–H and O–H groups in total. The van der Waals surface area contributed by atoms with Gasteiger partial charge >= 0.3 is 0 Å². The van der Waals surface area contributed by atoms with Crippen molar-refractivity contribution in [1.29, 1.82) is 0 Å². The van der Waals surface area contributed by atoms with Crippen LogP contribution in [0.3, 0.4) is 0 Å². The zero-order valence-electron chi connectivity index (χ0n) is 18.5. The molecule has 0 radical (unpaired) electrons. The molecular weight excluding hydrogens is 438 g/mol. The lowest BCUT2D eigenvalue weighted by molar-refractivity contribution is -0.127. The highest BCUT2D eigenvalue weighted by atomic mass is 32.2. The summed E-state index contributed by atoms with van der Waals surface area (Å²) >= 11 is 0. The summed E-state index contributed by atoms with van der Waals surface area (Å²) in [7, 11) is -6.84. The van der Waals surface area contributed by atoms with Gasteiger partial charge < -0.3 is 5.32 Å². The van der Waals surface area contributed by atoms with Crippen molar-refractivity contribution < 1.29 is 21.6 Å². The number of carbonyl (C=O) groups is 1. The Morgan fingerprint density at radius 3 is 2.13 bits per heavy atom. The number of nitrogens with one attached hydrogen (secondary N) is 1. The van der Waals surface area contributed by atoms with Gasteiger partial charge in [0.1, 0.15) is 0 Å². The predicted octanol–water partition coefficient (Wildman–Crippen LogP) is 1.75. The lowest BCUT2D eigenvalue weighted by Gasteiger charge is -2.34. The van der Waals surface area contributed by atoms with E-state index in [4.69, 9.17) is 0 Å². The first kappa shape index (κ1) is 24.2. The Morgan fingerprint density at radius 1 is 0.968 bits per heavy atom. The van der Waals surface area contributed by atoms with Crippen LogP contribution in [0.15, 0.2) is 29.2 Å². The molecule has 0 aliphatic carbocycles. The first-order chi connectivity index (χ1) is 14.5. The van der Waals surface area contributed by atoms with Crippen LogP contribution in [0.1, 0.15) is 51.0 Å². The van der Waals surface area contributed by atoms with Gasteiger partial charge in [-0.25, -0.2) is 21.1 Å². The summed E-state index contributed by atoms with van der Waals surface area (Å²) < 4.78 is 52.3. The zero-order valence-corrected chi connectivity index (χ0v) is 20.1. The monoisotopic (exact) mass is 471 g/mol. The predicted molar refractivity (Wildman–Crippen MR) is 120 cm³/mol. The molecule has 31 heavy (non-hydrogen) atoms. The van der Waals surface area contributed by atoms with E-state index in [2.05, 4.69) is 19.2 Å². The molecule has 1 atom stereocenters. The summed E-state index contributed by atoms with van der Waals surface area (Å²) in [6.07, 6.45) is 3.56. The van der Waals surface area contributed by atoms with Gasteiger partial charge in [-0.05, 0) is 49.3 Å². The molecule has 2 saturated heterocycles. The Hall–Kier alpha value is -1.49. The Kier molecular flexibility index (Phi) is 7.45. The molecule has 0 aromatic heterocycles. The minimum Gasteiger partial charge on any atom is -0.352 e. The van der Waals surface area contributed by atoms with Crippen molar-refractivity contribution in [2.45, 2.75) is 56.4 Å². The molecular formula is C21H33N3O5S2. The van der Waals surface area contributed by atoms with Crippen LogP contribution in [0.5, 0.6) is 0 Å². The van der Waals surface area contributed by atoms with Gasteiger partial charge in [-0.3, -0.25) is 4.79 Å². The van der Waals surface area contributed by atoms with E-state index in [1.165, 1.54) is 14.9 Å². The molecule has 2 fully saturated rings. The van der Waals surface area contributed by atoms with Gasteiger partial charge in [-0.2, -0.15) is 4.31 Å². The van der Waals surface area contributed by atoms with E-state index in [1.807, 2.05) is 12.1 Å². The fourth-order valence-corrected chi connectivity index (χ4v) is 6.59. The first-order valence-electron chi connectivity index (χ1n) is 10.8. The third kappa shape index (κ3) is 5.85. The lowest BCUT2D eigenvalue weighted by Crippen LogP contribution is -2.51. The van der Waals surface area contributed by atoms with Crippen molar-refractivity contribution in [2.24, 2.45) is 5.92 Å². The maximum Gasteiger partial charge on any atom is 0.243 e. The first-order valence-corrected chi connectivity index (χ1v) is 14.1. The summed E-state index contributed by atoms with van der Waals surface area (Å²) in [5.74, 6) is -0.0400. The SMILES string of the molecule is CC(C)c1ccc(S(=O)(=O)N2CCC(C(=O)NC3CCCN(S(C)(=O)=O)C3)CC2)cc1. The van der Waals surface area contributed by atoms with Crippen LogP contribution in [-0.4, -0.2) is 69.8 Å². The molecule has 2 aliphatic heterocycles. The number of piperidine rings is 2. The number of hydrogen-bond donors (Lipinski definition) is 1. The fraction of sp³-hybridized carbons (Fsp3) is 0.667. The summed E-state index contributed by atoms with van der Waals surface area (Å²) in [6.45, 7) is 5.50. The quantitative estimate of drug-likeness (QED) is 0.681. The number of rotatable bonds is 6. The molecule has 174 valence electrons. The molecule has 2 aliphatic rings. The van der Waals surface area contributed by atoms with E-state index in [-0.39, 0.29) is 22.8 Å². The highest BCUT2D eigenvalue weighted by Gasteiger charge is 2.34. The van der Waals surface area contributed by atoms with Crippen LogP contribution in [0.25, 0.3) is 0 Å². The zero-order chi connectivity index (χ0) is 22.8. The average Bonchev–Trinajstić information content (AvgIpc) is 2.73. The maximum absolute atomic E-state index is 13.0. The minimum atomic E-state index is -3.58. The molecule has 10 heteroatoms. The number of carbonyl (C=O) groups excluding carboxylic acids is 1. The van der Waals surface area contributed by atoms with Crippen LogP contribution in [-0.2, 0) is 24.8 Å². The standard InChI is InChI=1S/C21H33N3O5S2/c1-16(2)17-6-8-20(9-7-17)31(28,29)23-13-10-18(11-14-23)21(25)22-19-5-4-12-24(15-19)30(3,26)27/h6-9,16,18-19H,4-5,10-15H2,1-3H3,(H,22,25). The Bertz CT molecular complexity index is 982. The van der Waals surface area contributed by atoms with Gasteiger partial charge in [0.25, 0.3) is 0 Å². The molecule has 0 bridgehead atoms. The topological polar surface area (TPSA) is 104 Å². The maximum atomic E-state index is 13.0. The third-order valence-electron chi connectivity index (χ3n) is 6.21. The van der Waals surface area contributed by atoms with E-state index in [9.17, 15) is 21.6 Å². The molecule has 3 rings (SSSR count). The molecule has 1 aromatic carbocycles. The van der Waals surface area contributed by atoms with Crippen LogP contribution in [0, 0.1) is 5.92 Å². The second-order valence-corrected chi connectivity index (χ2v) is 12.8. The Morgan fingerprint density at radius 2 is 1.58 bits per heavy atom. The molecule has 0 spiro atoms. The molecule has 1 unspecified atom stereocenters. The van der Waals surface area contributed by atoms with Gasteiger partial charge in [0.2, 0.25) is 26.0 Å². The molecule has 8 nitrogen and oxygen atoms in total. The van der Waals surface area contributed by atoms with E-state index >= 15 is 0 Å². The highest BCUT2D eigenvalue weighted by Crippen LogP contribution is 2.26. The van der Waals surface area contributed by atoms with Crippen LogP contribution in [0.4, 0.5) is 0 Å². The molecule has 1 aromatic rings. The second kappa shape index (κ2) is 9.56. The summed E-state index contributed by atoms with van der Waals surface area (Å²) in [6, 6.07) is 6.81. The minimum absolute atomic E-state index is 0.112. The molecule has 2 heterocycles. The second-order valence-electron chi connectivity index (χ2n) is 8.87. The van der Waals surface area contributed by atoms with Crippen molar-refractivity contribution in [3.63, 3.8) is 0 Å². The van der Waals surface area contributed by atoms with E-state index in [0.29, 0.717) is 51.4 Å². The lowest BCUT2D eigenvalue weighted by atomic mass is 9.96.